The first-order chi connectivity index (χ1) is 13.6. The Bertz CT molecular complexity index is 823. The fourth-order valence-electron chi connectivity index (χ4n) is 3.14. The van der Waals surface area contributed by atoms with Gasteiger partial charge in [-0.1, -0.05) is 85.6 Å². The van der Waals surface area contributed by atoms with Crippen LogP contribution in [0.2, 0.25) is 0 Å². The molecule has 0 aromatic heterocycles. The highest BCUT2D eigenvalue weighted by Crippen LogP contribution is 2.24. The normalized spacial score (nSPS) is 19.2. The molecule has 0 aliphatic carbocycles. The number of urea groups is 1. The molecule has 0 saturated carbocycles. The monoisotopic (exact) mass is 379 g/mol. The van der Waals surface area contributed by atoms with Crippen LogP contribution in [0.5, 0.6) is 0 Å². The predicted molar refractivity (Wildman–Crippen MR) is 108 cm³/mol. The fraction of sp³-hybridized carbons (Fsp3) is 0.318. The third kappa shape index (κ3) is 4.57. The van der Waals surface area contributed by atoms with Gasteiger partial charge < -0.3 is 10.2 Å². The number of rotatable bonds is 9. The van der Waals surface area contributed by atoms with Gasteiger partial charge in [0.2, 0.25) is 0 Å². The molecule has 0 radical (unpaired) electrons. The van der Waals surface area contributed by atoms with Gasteiger partial charge in [-0.2, -0.15) is 0 Å². The van der Waals surface area contributed by atoms with E-state index in [1.165, 1.54) is 11.1 Å². The maximum absolute atomic E-state index is 13.1. The van der Waals surface area contributed by atoms with Crippen LogP contribution in [0.25, 0.3) is 0 Å². The highest BCUT2D eigenvalue weighted by Gasteiger charge is 2.50. The standard InChI is InChI=1S/C22H25N3O3/c1-2-3-14-22(17-23-28-16-19-12-8-5-9-13-19)20(26)25(21(27)24-22)15-18-10-6-4-7-11-18/h4-13,17H,2-3,14-16H2,1H3,(H,24,27). The number of hydrogen-bond acceptors (Lipinski definition) is 4. The van der Waals surface area contributed by atoms with Crippen molar-refractivity contribution < 1.29 is 14.4 Å². The van der Waals surface area contributed by atoms with E-state index in [0.29, 0.717) is 13.0 Å². The Morgan fingerprint density at radius 1 is 1.04 bits per heavy atom. The first-order valence-electron chi connectivity index (χ1n) is 9.53. The number of oxime groups is 1. The summed E-state index contributed by atoms with van der Waals surface area (Å²) in [5, 5.41) is 6.84. The molecule has 6 nitrogen and oxygen atoms in total. The highest BCUT2D eigenvalue weighted by atomic mass is 16.6. The molecule has 1 fully saturated rings. The smallest absolute Gasteiger partial charge is 0.325 e. The SMILES string of the molecule is CCCCC1(C=NOCc2ccccc2)NC(=O)N(Cc2ccccc2)C1=O. The Morgan fingerprint density at radius 3 is 2.32 bits per heavy atom. The largest absolute Gasteiger partial charge is 0.391 e. The lowest BCUT2D eigenvalue weighted by atomic mass is 9.94. The van der Waals surface area contributed by atoms with Crippen LogP contribution < -0.4 is 5.32 Å². The number of hydrogen-bond donors (Lipinski definition) is 1. The summed E-state index contributed by atoms with van der Waals surface area (Å²) < 4.78 is 0. The second-order valence-electron chi connectivity index (χ2n) is 6.88. The summed E-state index contributed by atoms with van der Waals surface area (Å²) in [6.07, 6.45) is 3.62. The maximum Gasteiger partial charge on any atom is 0.325 e. The van der Waals surface area contributed by atoms with Crippen molar-refractivity contribution in [3.63, 3.8) is 0 Å². The Morgan fingerprint density at radius 2 is 1.68 bits per heavy atom. The number of nitrogens with one attached hydrogen (secondary N) is 1. The zero-order valence-electron chi connectivity index (χ0n) is 16.0. The number of carbonyl (C=O) groups is 2. The van der Waals surface area contributed by atoms with Gasteiger partial charge in [0.05, 0.1) is 12.8 Å². The van der Waals surface area contributed by atoms with Crippen molar-refractivity contribution in [2.45, 2.75) is 44.9 Å². The molecule has 6 heteroatoms. The number of amides is 3. The first-order valence-corrected chi connectivity index (χ1v) is 9.53. The number of imide groups is 1. The summed E-state index contributed by atoms with van der Waals surface area (Å²) in [5.41, 5.74) is 0.725. The van der Waals surface area contributed by atoms with Crippen molar-refractivity contribution >= 4 is 18.2 Å². The molecule has 146 valence electrons. The quantitative estimate of drug-likeness (QED) is 0.408. The predicted octanol–water partition coefficient (Wildman–Crippen LogP) is 3.87. The summed E-state index contributed by atoms with van der Waals surface area (Å²) in [6, 6.07) is 18.7. The van der Waals surface area contributed by atoms with Gasteiger partial charge in [-0.3, -0.25) is 9.69 Å². The molecule has 1 aliphatic heterocycles. The average Bonchev–Trinajstić information content (AvgIpc) is 2.96. The van der Waals surface area contributed by atoms with Crippen LogP contribution in [-0.4, -0.2) is 28.6 Å². The average molecular weight is 379 g/mol. The maximum atomic E-state index is 13.1. The van der Waals surface area contributed by atoms with Crippen molar-refractivity contribution in [1.29, 1.82) is 0 Å². The molecule has 1 heterocycles. The second kappa shape index (κ2) is 9.17. The number of benzene rings is 2. The highest BCUT2D eigenvalue weighted by molar-refractivity contribution is 6.16. The van der Waals surface area contributed by atoms with E-state index in [-0.39, 0.29) is 12.5 Å². The zero-order chi connectivity index (χ0) is 19.8. The van der Waals surface area contributed by atoms with Crippen LogP contribution in [0.3, 0.4) is 0 Å². The van der Waals surface area contributed by atoms with Crippen LogP contribution in [0, 0.1) is 0 Å². The zero-order valence-corrected chi connectivity index (χ0v) is 16.0. The Kier molecular flexibility index (Phi) is 6.42. The summed E-state index contributed by atoms with van der Waals surface area (Å²) >= 11 is 0. The summed E-state index contributed by atoms with van der Waals surface area (Å²) in [7, 11) is 0. The summed E-state index contributed by atoms with van der Waals surface area (Å²) in [4.78, 5) is 32.2. The molecule has 2 aromatic rings. The molecule has 28 heavy (non-hydrogen) atoms. The molecule has 1 aliphatic rings. The Balaban J connectivity index is 1.71. The van der Waals surface area contributed by atoms with Crippen molar-refractivity contribution in [3.8, 4) is 0 Å². The molecular formula is C22H25N3O3. The van der Waals surface area contributed by atoms with E-state index >= 15 is 0 Å². The Hall–Kier alpha value is -3.15. The molecule has 3 rings (SSSR count). The van der Waals surface area contributed by atoms with E-state index in [1.54, 1.807) is 0 Å². The minimum atomic E-state index is -1.15. The van der Waals surface area contributed by atoms with Crippen LogP contribution in [-0.2, 0) is 22.8 Å². The van der Waals surface area contributed by atoms with Gasteiger partial charge in [0.1, 0.15) is 6.61 Å². The third-order valence-corrected chi connectivity index (χ3v) is 4.73. The van der Waals surface area contributed by atoms with E-state index in [2.05, 4.69) is 10.5 Å². The van der Waals surface area contributed by atoms with Crippen LogP contribution in [0.1, 0.15) is 37.3 Å². The number of nitrogens with zero attached hydrogens (tertiary/aromatic N) is 2. The number of unbranched alkanes of at least 4 members (excludes halogenated alkanes) is 1. The van der Waals surface area contributed by atoms with Gasteiger partial charge in [-0.15, -0.1) is 0 Å². The molecule has 3 amide bonds. The van der Waals surface area contributed by atoms with Gasteiger partial charge in [0, 0.05) is 0 Å². The topological polar surface area (TPSA) is 71.0 Å². The van der Waals surface area contributed by atoms with Crippen molar-refractivity contribution in [1.82, 2.24) is 10.2 Å². The van der Waals surface area contributed by atoms with Crippen molar-refractivity contribution in [3.05, 3.63) is 71.8 Å². The van der Waals surface area contributed by atoms with Crippen LogP contribution in [0.15, 0.2) is 65.8 Å². The lowest BCUT2D eigenvalue weighted by Gasteiger charge is -2.21. The third-order valence-electron chi connectivity index (χ3n) is 4.73. The minimum absolute atomic E-state index is 0.234. The molecule has 1 saturated heterocycles. The van der Waals surface area contributed by atoms with Gasteiger partial charge >= 0.3 is 6.03 Å². The van der Waals surface area contributed by atoms with Crippen molar-refractivity contribution in [2.75, 3.05) is 0 Å². The lowest BCUT2D eigenvalue weighted by molar-refractivity contribution is -0.129. The van der Waals surface area contributed by atoms with E-state index in [1.807, 2.05) is 67.6 Å². The molecule has 2 aromatic carbocycles. The van der Waals surface area contributed by atoms with E-state index in [4.69, 9.17) is 4.84 Å². The van der Waals surface area contributed by atoms with Gasteiger partial charge in [-0.05, 0) is 17.5 Å². The molecule has 0 spiro atoms. The lowest BCUT2D eigenvalue weighted by Crippen LogP contribution is -2.48. The van der Waals surface area contributed by atoms with Crippen LogP contribution >= 0.6 is 0 Å². The first kappa shape index (κ1) is 19.6. The van der Waals surface area contributed by atoms with Crippen molar-refractivity contribution in [2.24, 2.45) is 5.16 Å². The molecular weight excluding hydrogens is 354 g/mol. The number of carbonyl (C=O) groups excluding carboxylic acids is 2. The van der Waals surface area contributed by atoms with Gasteiger partial charge in [-0.25, -0.2) is 4.79 Å². The van der Waals surface area contributed by atoms with Crippen LogP contribution in [0.4, 0.5) is 4.79 Å². The van der Waals surface area contributed by atoms with Gasteiger partial charge in [0.25, 0.3) is 5.91 Å². The fourth-order valence-corrected chi connectivity index (χ4v) is 3.14. The van der Waals surface area contributed by atoms with E-state index in [0.717, 1.165) is 24.0 Å². The molecule has 0 bridgehead atoms. The van der Waals surface area contributed by atoms with Gasteiger partial charge in [0.15, 0.2) is 5.54 Å². The summed E-state index contributed by atoms with van der Waals surface area (Å²) in [6.45, 7) is 2.58. The Labute approximate surface area is 165 Å². The van der Waals surface area contributed by atoms with E-state index < -0.39 is 11.6 Å². The van der Waals surface area contributed by atoms with E-state index in [9.17, 15) is 9.59 Å². The molecule has 1 N–H and O–H groups in total. The molecule has 1 atom stereocenters. The summed E-state index contributed by atoms with van der Waals surface area (Å²) in [5.74, 6) is -0.290. The minimum Gasteiger partial charge on any atom is -0.391 e. The second-order valence-corrected chi connectivity index (χ2v) is 6.88. The molecule has 1 unspecified atom stereocenters.